The van der Waals surface area contributed by atoms with E-state index in [9.17, 15) is 9.59 Å². The van der Waals surface area contributed by atoms with Gasteiger partial charge in [0.2, 0.25) is 0 Å². The predicted molar refractivity (Wildman–Crippen MR) is 166 cm³/mol. The van der Waals surface area contributed by atoms with Gasteiger partial charge in [0.15, 0.2) is 0 Å². The maximum absolute atomic E-state index is 14.0. The molecule has 1 aliphatic rings. The first-order chi connectivity index (χ1) is 17.9. The van der Waals surface area contributed by atoms with Crippen LogP contribution in [0.2, 0.25) is 0 Å². The molecule has 0 spiro atoms. The number of rotatable bonds is 15. The zero-order valence-electron chi connectivity index (χ0n) is 25.5. The smallest absolute Gasteiger partial charge is 0.263 e. The van der Waals surface area contributed by atoms with Gasteiger partial charge in [0, 0.05) is 21.2 Å². The Labute approximate surface area is 240 Å². The third-order valence-electron chi connectivity index (χ3n) is 9.18. The number of hydrogen-bond acceptors (Lipinski definition) is 4. The molecule has 0 fully saturated rings. The molecule has 3 rings (SSSR count). The van der Waals surface area contributed by atoms with Gasteiger partial charge in [-0.15, -0.1) is 22.7 Å². The monoisotopic (exact) mass is 557 g/mol. The molecule has 2 aromatic rings. The predicted octanol–water partition coefficient (Wildman–Crippen LogP) is 10.5. The molecule has 3 heterocycles. The van der Waals surface area contributed by atoms with Gasteiger partial charge in [-0.25, -0.2) is 0 Å². The summed E-state index contributed by atoms with van der Waals surface area (Å²) in [7, 11) is 0. The molecule has 1 aliphatic heterocycles. The summed E-state index contributed by atoms with van der Waals surface area (Å²) in [4.78, 5) is 34.0. The Morgan fingerprint density at radius 1 is 0.816 bits per heavy atom. The van der Waals surface area contributed by atoms with Crippen molar-refractivity contribution >= 4 is 34.5 Å². The van der Waals surface area contributed by atoms with Crippen molar-refractivity contribution in [3.05, 3.63) is 33.0 Å². The Balaban J connectivity index is 1.92. The van der Waals surface area contributed by atoms with Crippen LogP contribution in [-0.4, -0.2) is 23.3 Å². The van der Waals surface area contributed by atoms with E-state index in [1.165, 1.54) is 43.4 Å². The van der Waals surface area contributed by atoms with Gasteiger partial charge in [-0.2, -0.15) is 0 Å². The molecule has 3 nitrogen and oxygen atoms in total. The van der Waals surface area contributed by atoms with Crippen LogP contribution in [0.3, 0.4) is 0 Å². The Morgan fingerprint density at radius 2 is 1.45 bits per heavy atom. The van der Waals surface area contributed by atoms with Crippen molar-refractivity contribution in [2.45, 2.75) is 131 Å². The average Bonchev–Trinajstić information content (AvgIpc) is 3.59. The molecule has 0 bridgehead atoms. The second kappa shape index (κ2) is 12.8. The normalized spacial score (nSPS) is 15.9. The first-order valence-corrected chi connectivity index (χ1v) is 16.7. The third kappa shape index (κ3) is 6.30. The van der Waals surface area contributed by atoms with E-state index in [1.54, 1.807) is 27.6 Å². The summed E-state index contributed by atoms with van der Waals surface area (Å²) in [6.07, 6.45) is 10.7. The van der Waals surface area contributed by atoms with Crippen molar-refractivity contribution in [2.24, 2.45) is 11.8 Å². The van der Waals surface area contributed by atoms with Crippen LogP contribution >= 0.6 is 22.7 Å². The van der Waals surface area contributed by atoms with E-state index in [-0.39, 0.29) is 22.6 Å². The minimum Gasteiger partial charge on any atom is -0.274 e. The molecule has 2 aromatic heterocycles. The zero-order valence-corrected chi connectivity index (χ0v) is 27.1. The van der Waals surface area contributed by atoms with Crippen molar-refractivity contribution in [1.82, 2.24) is 4.90 Å². The molecule has 2 amide bonds. The van der Waals surface area contributed by atoms with Crippen molar-refractivity contribution in [3.63, 3.8) is 0 Å². The second-order valence-electron chi connectivity index (χ2n) is 12.7. The van der Waals surface area contributed by atoms with E-state index >= 15 is 0 Å². The minimum absolute atomic E-state index is 0.0701. The van der Waals surface area contributed by atoms with E-state index in [2.05, 4.69) is 74.4 Å². The van der Waals surface area contributed by atoms with E-state index < -0.39 is 0 Å². The number of carbonyl (C=O) groups excluding carboxylic acids is 2. The number of hydrogen-bond donors (Lipinski definition) is 0. The maximum atomic E-state index is 14.0. The van der Waals surface area contributed by atoms with Crippen LogP contribution in [0.15, 0.2) is 12.1 Å². The summed E-state index contributed by atoms with van der Waals surface area (Å²) < 4.78 is 0. The van der Waals surface area contributed by atoms with Crippen LogP contribution in [-0.2, 0) is 10.8 Å². The van der Waals surface area contributed by atoms with Gasteiger partial charge < -0.3 is 0 Å². The Bertz CT molecular complexity index is 1110. The highest BCUT2D eigenvalue weighted by atomic mass is 32.1. The fourth-order valence-corrected chi connectivity index (χ4v) is 8.26. The molecule has 0 aromatic carbocycles. The van der Waals surface area contributed by atoms with Crippen LogP contribution < -0.4 is 0 Å². The lowest BCUT2D eigenvalue weighted by molar-refractivity contribution is 0.0611. The van der Waals surface area contributed by atoms with Crippen molar-refractivity contribution in [1.29, 1.82) is 0 Å². The lowest BCUT2D eigenvalue weighted by atomic mass is 9.85. The second-order valence-corrected chi connectivity index (χ2v) is 14.8. The number of carbonyl (C=O) groups is 2. The Hall–Kier alpha value is -1.46. The SMILES string of the molecule is CCCCCCCC(CC)C(C)CN1C(=O)c2c(-c3ccc(C(C)(C)CC)s3)sc(C(C)(C)CC)c2C1=O. The zero-order chi connectivity index (χ0) is 28.3. The number of nitrogens with zero attached hydrogens (tertiary/aromatic N) is 1. The fourth-order valence-electron chi connectivity index (χ4n) is 5.51. The van der Waals surface area contributed by atoms with Gasteiger partial charge >= 0.3 is 0 Å². The Morgan fingerprint density at radius 3 is 2.05 bits per heavy atom. The lowest BCUT2D eigenvalue weighted by Gasteiger charge is -2.27. The van der Waals surface area contributed by atoms with Crippen LogP contribution in [0, 0.1) is 11.8 Å². The van der Waals surface area contributed by atoms with Gasteiger partial charge in [-0.1, -0.05) is 107 Å². The summed E-state index contributed by atoms with van der Waals surface area (Å²) in [5, 5.41) is 0. The van der Waals surface area contributed by atoms with Crippen LogP contribution in [0.1, 0.15) is 151 Å². The average molecular weight is 558 g/mol. The summed E-state index contributed by atoms with van der Waals surface area (Å²) >= 11 is 3.46. The number of fused-ring (bicyclic) bond motifs is 1. The highest BCUT2D eigenvalue weighted by Gasteiger charge is 2.45. The first-order valence-electron chi connectivity index (χ1n) is 15.1. The molecule has 2 atom stereocenters. The number of amides is 2. The number of thiophene rings is 2. The van der Waals surface area contributed by atoms with E-state index in [0.717, 1.165) is 33.9 Å². The first kappa shape index (κ1) is 31.1. The summed E-state index contributed by atoms with van der Waals surface area (Å²) in [5.41, 5.74) is 1.30. The quantitative estimate of drug-likeness (QED) is 0.161. The van der Waals surface area contributed by atoms with Crippen LogP contribution in [0.4, 0.5) is 0 Å². The van der Waals surface area contributed by atoms with E-state index in [0.29, 0.717) is 29.5 Å². The molecule has 0 N–H and O–H groups in total. The maximum Gasteiger partial charge on any atom is 0.263 e. The lowest BCUT2D eigenvalue weighted by Crippen LogP contribution is -2.36. The van der Waals surface area contributed by atoms with Gasteiger partial charge in [0.05, 0.1) is 16.0 Å². The minimum atomic E-state index is -0.155. The topological polar surface area (TPSA) is 37.4 Å². The molecule has 212 valence electrons. The summed E-state index contributed by atoms with van der Waals surface area (Å²) in [6, 6.07) is 4.38. The van der Waals surface area contributed by atoms with Crippen molar-refractivity contribution < 1.29 is 9.59 Å². The molecule has 2 unspecified atom stereocenters. The van der Waals surface area contributed by atoms with Crippen LogP contribution in [0.5, 0.6) is 0 Å². The van der Waals surface area contributed by atoms with Crippen molar-refractivity contribution in [3.8, 4) is 9.75 Å². The molecule has 0 aliphatic carbocycles. The third-order valence-corrected chi connectivity index (χ3v) is 12.4. The highest BCUT2D eigenvalue weighted by Crippen LogP contribution is 2.49. The molecule has 0 saturated heterocycles. The van der Waals surface area contributed by atoms with Gasteiger partial charge in [0.1, 0.15) is 0 Å². The van der Waals surface area contributed by atoms with E-state index in [4.69, 9.17) is 0 Å². The molecule has 38 heavy (non-hydrogen) atoms. The Kier molecular flexibility index (Phi) is 10.5. The number of imide groups is 1. The highest BCUT2D eigenvalue weighted by molar-refractivity contribution is 7.23. The largest absolute Gasteiger partial charge is 0.274 e. The summed E-state index contributed by atoms with van der Waals surface area (Å²) in [6.45, 7) is 20.6. The number of unbranched alkanes of at least 4 members (excludes halogenated alkanes) is 4. The van der Waals surface area contributed by atoms with Crippen molar-refractivity contribution in [2.75, 3.05) is 6.54 Å². The standard InChI is InChI=1S/C33H51NO2S2/c1-10-14-15-16-17-18-23(11-2)22(5)21-34-30(35)26-27(31(34)36)29(33(8,9)13-4)38-28(26)24-19-20-25(37-24)32(6,7)12-3/h19-20,22-23H,10-18,21H2,1-9H3. The van der Waals surface area contributed by atoms with Gasteiger partial charge in [0.25, 0.3) is 11.8 Å². The fraction of sp³-hybridized carbons (Fsp3) is 0.697. The molecule has 0 saturated carbocycles. The van der Waals surface area contributed by atoms with Crippen LogP contribution in [0.25, 0.3) is 9.75 Å². The summed E-state index contributed by atoms with van der Waals surface area (Å²) in [5.74, 6) is 0.691. The van der Waals surface area contributed by atoms with E-state index in [1.807, 2.05) is 0 Å². The van der Waals surface area contributed by atoms with Gasteiger partial charge in [-0.05, 0) is 47.6 Å². The molecular weight excluding hydrogens is 507 g/mol. The molecular formula is C33H51NO2S2. The molecule has 5 heteroatoms. The molecule has 0 radical (unpaired) electrons. The van der Waals surface area contributed by atoms with Gasteiger partial charge in [-0.3, -0.25) is 14.5 Å².